The van der Waals surface area contributed by atoms with E-state index in [0.717, 1.165) is 11.1 Å². The summed E-state index contributed by atoms with van der Waals surface area (Å²) in [4.78, 5) is 0. The van der Waals surface area contributed by atoms with Gasteiger partial charge in [-0.2, -0.15) is 5.26 Å². The zero-order chi connectivity index (χ0) is 14.5. The van der Waals surface area contributed by atoms with Crippen LogP contribution in [0, 0.1) is 24.1 Å². The van der Waals surface area contributed by atoms with Crippen LogP contribution in [0.5, 0.6) is 11.5 Å². The van der Waals surface area contributed by atoms with Gasteiger partial charge in [-0.15, -0.1) is 0 Å². The molecule has 0 unspecified atom stereocenters. The second-order valence-electron chi connectivity index (χ2n) is 4.51. The number of nitriles is 1. The smallest absolute Gasteiger partial charge is 0.165 e. The van der Waals surface area contributed by atoms with Gasteiger partial charge in [0.25, 0.3) is 0 Å². The van der Waals surface area contributed by atoms with Crippen molar-refractivity contribution in [3.8, 4) is 17.6 Å². The summed E-state index contributed by atoms with van der Waals surface area (Å²) >= 11 is 0. The molecule has 2 rings (SSSR count). The van der Waals surface area contributed by atoms with Crippen LogP contribution in [0.15, 0.2) is 36.4 Å². The number of aryl methyl sites for hydroxylation is 1. The first-order valence-electron chi connectivity index (χ1n) is 6.25. The third kappa shape index (κ3) is 3.14. The van der Waals surface area contributed by atoms with Gasteiger partial charge in [-0.05, 0) is 49.4 Å². The Labute approximate surface area is 117 Å². The Hall–Kier alpha value is -2.38. The van der Waals surface area contributed by atoms with Crippen molar-refractivity contribution < 1.29 is 9.13 Å². The van der Waals surface area contributed by atoms with Crippen LogP contribution in [0.3, 0.4) is 0 Å². The average Bonchev–Trinajstić information content (AvgIpc) is 2.44. The summed E-state index contributed by atoms with van der Waals surface area (Å²) in [6.45, 7) is 2.52. The van der Waals surface area contributed by atoms with Crippen molar-refractivity contribution in [3.63, 3.8) is 0 Å². The van der Waals surface area contributed by atoms with Gasteiger partial charge in [0.1, 0.15) is 11.8 Å². The molecule has 0 bridgehead atoms. The number of benzene rings is 2. The Morgan fingerprint density at radius 2 is 2.00 bits per heavy atom. The van der Waals surface area contributed by atoms with Crippen LogP contribution in [-0.2, 0) is 6.54 Å². The van der Waals surface area contributed by atoms with Crippen molar-refractivity contribution in [2.45, 2.75) is 13.5 Å². The first-order chi connectivity index (χ1) is 9.63. The topological polar surface area (TPSA) is 45.0 Å². The Morgan fingerprint density at radius 3 is 2.70 bits per heavy atom. The Kier molecular flexibility index (Phi) is 4.34. The summed E-state index contributed by atoms with van der Waals surface area (Å²) in [5.74, 6) is 0.0403. The van der Waals surface area contributed by atoms with Crippen LogP contribution in [0.1, 0.15) is 16.7 Å². The molecule has 1 N–H and O–H groups in total. The molecule has 2 aromatic rings. The molecule has 0 aliphatic heterocycles. The van der Waals surface area contributed by atoms with Gasteiger partial charge < -0.3 is 10.1 Å². The van der Waals surface area contributed by atoms with Crippen molar-refractivity contribution >= 4 is 0 Å². The summed E-state index contributed by atoms with van der Waals surface area (Å²) in [5, 5.41) is 12.2. The Bertz CT molecular complexity index is 662. The molecule has 0 atom stereocenters. The number of nitrogens with one attached hydrogen (secondary N) is 1. The third-order valence-electron chi connectivity index (χ3n) is 2.85. The summed E-state index contributed by atoms with van der Waals surface area (Å²) in [6.07, 6.45) is 0. The Balaban J connectivity index is 2.34. The summed E-state index contributed by atoms with van der Waals surface area (Å²) in [5.41, 5.74) is 2.26. The van der Waals surface area contributed by atoms with Gasteiger partial charge in [0.15, 0.2) is 11.6 Å². The normalized spacial score (nSPS) is 10.1. The van der Waals surface area contributed by atoms with Gasteiger partial charge in [0.2, 0.25) is 0 Å². The maximum absolute atomic E-state index is 13.7. The number of rotatable bonds is 4. The molecule has 0 aliphatic carbocycles. The first kappa shape index (κ1) is 14.0. The Morgan fingerprint density at radius 1 is 1.20 bits per heavy atom. The van der Waals surface area contributed by atoms with Crippen molar-refractivity contribution in [3.05, 3.63) is 58.9 Å². The van der Waals surface area contributed by atoms with E-state index in [0.29, 0.717) is 17.9 Å². The number of nitrogens with zero attached hydrogens (tertiary/aromatic N) is 1. The van der Waals surface area contributed by atoms with Crippen molar-refractivity contribution in [2.24, 2.45) is 0 Å². The predicted molar refractivity (Wildman–Crippen MR) is 75.1 cm³/mol. The van der Waals surface area contributed by atoms with Gasteiger partial charge in [0, 0.05) is 6.54 Å². The van der Waals surface area contributed by atoms with E-state index in [1.54, 1.807) is 24.3 Å². The van der Waals surface area contributed by atoms with E-state index in [-0.39, 0.29) is 5.75 Å². The number of halogens is 1. The fraction of sp³-hybridized carbons (Fsp3) is 0.188. The fourth-order valence-electron chi connectivity index (χ4n) is 1.87. The third-order valence-corrected chi connectivity index (χ3v) is 2.85. The van der Waals surface area contributed by atoms with Crippen LogP contribution in [0.4, 0.5) is 4.39 Å². The maximum Gasteiger partial charge on any atom is 0.165 e. The minimum atomic E-state index is -0.446. The van der Waals surface area contributed by atoms with Crippen LogP contribution in [0.2, 0.25) is 0 Å². The van der Waals surface area contributed by atoms with Gasteiger partial charge in [-0.25, -0.2) is 4.39 Å². The molecule has 0 radical (unpaired) electrons. The molecular weight excluding hydrogens is 255 g/mol. The lowest BCUT2D eigenvalue weighted by Crippen LogP contribution is -2.05. The second kappa shape index (κ2) is 6.18. The molecule has 0 heterocycles. The quantitative estimate of drug-likeness (QED) is 0.924. The van der Waals surface area contributed by atoms with Crippen LogP contribution < -0.4 is 10.1 Å². The van der Waals surface area contributed by atoms with E-state index in [4.69, 9.17) is 10.00 Å². The lowest BCUT2D eigenvalue weighted by Gasteiger charge is -2.10. The number of hydrogen-bond acceptors (Lipinski definition) is 3. The van der Waals surface area contributed by atoms with Crippen molar-refractivity contribution in [1.82, 2.24) is 5.32 Å². The summed E-state index contributed by atoms with van der Waals surface area (Å²) in [7, 11) is 1.83. The molecule has 20 heavy (non-hydrogen) atoms. The van der Waals surface area contributed by atoms with E-state index in [2.05, 4.69) is 11.4 Å². The molecule has 0 spiro atoms. The molecule has 102 valence electrons. The molecule has 0 saturated heterocycles. The number of ether oxygens (including phenoxy) is 1. The maximum atomic E-state index is 13.7. The SMILES string of the molecule is CNCc1ccc(Oc2cc(C)ccc2F)c(C#N)c1. The highest BCUT2D eigenvalue weighted by molar-refractivity contribution is 5.47. The van der Waals surface area contributed by atoms with Crippen molar-refractivity contribution in [2.75, 3.05) is 7.05 Å². The molecular formula is C16H15FN2O. The average molecular weight is 270 g/mol. The summed E-state index contributed by atoms with van der Waals surface area (Å²) < 4.78 is 19.2. The largest absolute Gasteiger partial charge is 0.453 e. The zero-order valence-electron chi connectivity index (χ0n) is 11.4. The minimum Gasteiger partial charge on any atom is -0.453 e. The van der Waals surface area contributed by atoms with Gasteiger partial charge >= 0.3 is 0 Å². The minimum absolute atomic E-state index is 0.128. The van der Waals surface area contributed by atoms with Gasteiger partial charge in [0.05, 0.1) is 5.56 Å². The zero-order valence-corrected chi connectivity index (χ0v) is 11.4. The molecule has 0 aromatic heterocycles. The van der Waals surface area contributed by atoms with Gasteiger partial charge in [-0.3, -0.25) is 0 Å². The van der Waals surface area contributed by atoms with E-state index in [9.17, 15) is 4.39 Å². The second-order valence-corrected chi connectivity index (χ2v) is 4.51. The van der Waals surface area contributed by atoms with E-state index in [1.807, 2.05) is 20.0 Å². The highest BCUT2D eigenvalue weighted by Gasteiger charge is 2.09. The summed E-state index contributed by atoms with van der Waals surface area (Å²) in [6, 6.07) is 12.0. The molecule has 2 aromatic carbocycles. The lowest BCUT2D eigenvalue weighted by atomic mass is 10.1. The monoisotopic (exact) mass is 270 g/mol. The first-order valence-corrected chi connectivity index (χ1v) is 6.25. The lowest BCUT2D eigenvalue weighted by molar-refractivity contribution is 0.440. The number of hydrogen-bond donors (Lipinski definition) is 1. The fourth-order valence-corrected chi connectivity index (χ4v) is 1.87. The standard InChI is InChI=1S/C16H15FN2O/c1-11-3-5-14(17)16(7-11)20-15-6-4-12(10-19-2)8-13(15)9-18/h3-8,19H,10H2,1-2H3. The van der Waals surface area contributed by atoms with E-state index < -0.39 is 5.82 Å². The van der Waals surface area contributed by atoms with E-state index in [1.165, 1.54) is 6.07 Å². The van der Waals surface area contributed by atoms with Crippen LogP contribution >= 0.6 is 0 Å². The predicted octanol–water partition coefficient (Wildman–Crippen LogP) is 3.52. The molecule has 3 nitrogen and oxygen atoms in total. The van der Waals surface area contributed by atoms with Crippen LogP contribution in [-0.4, -0.2) is 7.05 Å². The van der Waals surface area contributed by atoms with E-state index >= 15 is 0 Å². The van der Waals surface area contributed by atoms with Crippen molar-refractivity contribution in [1.29, 1.82) is 5.26 Å². The molecule has 0 fully saturated rings. The highest BCUT2D eigenvalue weighted by atomic mass is 19.1. The molecule has 0 saturated carbocycles. The molecule has 0 aliphatic rings. The molecule has 4 heteroatoms. The highest BCUT2D eigenvalue weighted by Crippen LogP contribution is 2.28. The van der Waals surface area contributed by atoms with Crippen LogP contribution in [0.25, 0.3) is 0 Å². The molecule has 0 amide bonds. The van der Waals surface area contributed by atoms with Gasteiger partial charge in [-0.1, -0.05) is 12.1 Å².